The summed E-state index contributed by atoms with van der Waals surface area (Å²) in [6, 6.07) is 3.71. The van der Waals surface area contributed by atoms with Gasteiger partial charge in [0.05, 0.1) is 8.66 Å². The zero-order chi connectivity index (χ0) is 10.6. The predicted octanol–water partition coefficient (Wildman–Crippen LogP) is 3.21. The van der Waals surface area contributed by atoms with Gasteiger partial charge in [-0.2, -0.15) is 0 Å². The van der Waals surface area contributed by atoms with E-state index in [2.05, 4.69) is 15.9 Å². The third-order valence-electron chi connectivity index (χ3n) is 1.81. The molecule has 0 N–H and O–H groups in total. The molecule has 0 aliphatic rings. The van der Waals surface area contributed by atoms with Crippen molar-refractivity contribution in [1.82, 2.24) is 4.90 Å². The normalized spacial score (nSPS) is 10.2. The van der Waals surface area contributed by atoms with Gasteiger partial charge < -0.3 is 4.90 Å². The molecule has 0 saturated heterocycles. The Bertz CT molecular complexity index is 316. The van der Waals surface area contributed by atoms with Gasteiger partial charge in [0, 0.05) is 19.0 Å². The highest BCUT2D eigenvalue weighted by Gasteiger charge is 2.14. The fourth-order valence-corrected chi connectivity index (χ4v) is 2.65. The van der Waals surface area contributed by atoms with Gasteiger partial charge in [0.1, 0.15) is 0 Å². The highest BCUT2D eigenvalue weighted by atomic mass is 79.9. The predicted molar refractivity (Wildman–Crippen MR) is 64.3 cm³/mol. The van der Waals surface area contributed by atoms with Crippen molar-refractivity contribution in [3.63, 3.8) is 0 Å². The van der Waals surface area contributed by atoms with Crippen molar-refractivity contribution >= 4 is 44.8 Å². The monoisotopic (exact) mass is 295 g/mol. The molecule has 1 amide bonds. The van der Waals surface area contributed by atoms with Crippen LogP contribution in [0.2, 0.25) is 0 Å². The van der Waals surface area contributed by atoms with E-state index in [-0.39, 0.29) is 5.91 Å². The van der Waals surface area contributed by atoms with Crippen LogP contribution in [0.3, 0.4) is 0 Å². The summed E-state index contributed by atoms with van der Waals surface area (Å²) in [4.78, 5) is 14.3. The van der Waals surface area contributed by atoms with Crippen LogP contribution in [0.1, 0.15) is 16.6 Å². The molecule has 78 valence electrons. The largest absolute Gasteiger partial charge is 0.337 e. The summed E-state index contributed by atoms with van der Waals surface area (Å²) in [7, 11) is 0. The Morgan fingerprint density at radius 2 is 2.36 bits per heavy atom. The Hall–Kier alpha value is -0.0600. The van der Waals surface area contributed by atoms with Crippen molar-refractivity contribution in [2.45, 2.75) is 6.92 Å². The molecule has 0 spiro atoms. The van der Waals surface area contributed by atoms with E-state index in [9.17, 15) is 4.79 Å². The molecule has 1 aromatic heterocycles. The Kier molecular flexibility index (Phi) is 4.92. The number of hydrogen-bond acceptors (Lipinski definition) is 2. The molecule has 0 radical (unpaired) electrons. The summed E-state index contributed by atoms with van der Waals surface area (Å²) in [5.74, 6) is 0.537. The van der Waals surface area contributed by atoms with E-state index < -0.39 is 0 Å². The van der Waals surface area contributed by atoms with Gasteiger partial charge in [-0.15, -0.1) is 22.9 Å². The maximum atomic E-state index is 11.8. The molecular formula is C9H11BrClNOS. The summed E-state index contributed by atoms with van der Waals surface area (Å²) in [6.07, 6.45) is 0. The maximum Gasteiger partial charge on any atom is 0.263 e. The highest BCUT2D eigenvalue weighted by molar-refractivity contribution is 9.11. The Morgan fingerprint density at radius 1 is 1.64 bits per heavy atom. The van der Waals surface area contributed by atoms with Crippen molar-refractivity contribution in [3.8, 4) is 0 Å². The van der Waals surface area contributed by atoms with Gasteiger partial charge in [0.15, 0.2) is 0 Å². The second kappa shape index (κ2) is 5.73. The lowest BCUT2D eigenvalue weighted by Gasteiger charge is -2.18. The minimum absolute atomic E-state index is 0.0591. The van der Waals surface area contributed by atoms with Crippen LogP contribution in [0.4, 0.5) is 0 Å². The molecule has 1 aromatic rings. The lowest BCUT2D eigenvalue weighted by molar-refractivity contribution is 0.0779. The molecule has 1 rings (SSSR count). The molecule has 5 heteroatoms. The first-order valence-corrected chi connectivity index (χ1v) is 6.44. The standard InChI is InChI=1S/C9H11BrClNOS/c1-2-12(6-5-11)9(13)7-3-4-8(10)14-7/h3-4H,2,5-6H2,1H3. The molecule has 2 nitrogen and oxygen atoms in total. The van der Waals surface area contributed by atoms with Gasteiger partial charge in [-0.25, -0.2) is 0 Å². The molecule has 0 aliphatic carbocycles. The van der Waals surface area contributed by atoms with E-state index in [1.54, 1.807) is 4.90 Å². The van der Waals surface area contributed by atoms with Crippen LogP contribution in [0.15, 0.2) is 15.9 Å². The number of amides is 1. The topological polar surface area (TPSA) is 20.3 Å². The molecule has 14 heavy (non-hydrogen) atoms. The lowest BCUT2D eigenvalue weighted by atomic mass is 10.4. The number of halogens is 2. The fraction of sp³-hybridized carbons (Fsp3) is 0.444. The first-order valence-electron chi connectivity index (χ1n) is 4.29. The molecule has 0 aromatic carbocycles. The van der Waals surface area contributed by atoms with Crippen LogP contribution >= 0.6 is 38.9 Å². The van der Waals surface area contributed by atoms with Crippen molar-refractivity contribution in [3.05, 3.63) is 20.8 Å². The van der Waals surface area contributed by atoms with Crippen LogP contribution in [0, 0.1) is 0 Å². The van der Waals surface area contributed by atoms with E-state index in [4.69, 9.17) is 11.6 Å². The van der Waals surface area contributed by atoms with Gasteiger partial charge in [-0.1, -0.05) is 0 Å². The minimum atomic E-state index is 0.0591. The molecule has 0 bridgehead atoms. The average Bonchev–Trinajstić information content (AvgIpc) is 2.60. The van der Waals surface area contributed by atoms with Gasteiger partial charge in [-0.3, -0.25) is 4.79 Å². The number of alkyl halides is 1. The first kappa shape index (κ1) is 12.0. The van der Waals surface area contributed by atoms with E-state index in [1.165, 1.54) is 11.3 Å². The van der Waals surface area contributed by atoms with E-state index in [0.29, 0.717) is 19.0 Å². The number of rotatable bonds is 4. The maximum absolute atomic E-state index is 11.8. The molecule has 1 heterocycles. The van der Waals surface area contributed by atoms with Gasteiger partial charge in [0.25, 0.3) is 5.91 Å². The quantitative estimate of drug-likeness (QED) is 0.781. The number of carbonyl (C=O) groups excluding carboxylic acids is 1. The van der Waals surface area contributed by atoms with Crippen LogP contribution in [0.25, 0.3) is 0 Å². The van der Waals surface area contributed by atoms with E-state index >= 15 is 0 Å². The summed E-state index contributed by atoms with van der Waals surface area (Å²) >= 11 is 10.4. The van der Waals surface area contributed by atoms with E-state index in [0.717, 1.165) is 8.66 Å². The van der Waals surface area contributed by atoms with Crippen LogP contribution in [0.5, 0.6) is 0 Å². The molecule has 0 fully saturated rings. The minimum Gasteiger partial charge on any atom is -0.337 e. The summed E-state index contributed by atoms with van der Waals surface area (Å²) in [5.41, 5.74) is 0. The summed E-state index contributed by atoms with van der Waals surface area (Å²) in [6.45, 7) is 3.25. The van der Waals surface area contributed by atoms with E-state index in [1.807, 2.05) is 19.1 Å². The number of nitrogens with zero attached hydrogens (tertiary/aromatic N) is 1. The summed E-state index contributed by atoms with van der Waals surface area (Å²) in [5, 5.41) is 0. The Balaban J connectivity index is 2.72. The average molecular weight is 297 g/mol. The Morgan fingerprint density at radius 3 is 2.79 bits per heavy atom. The zero-order valence-corrected chi connectivity index (χ0v) is 11.0. The second-order valence-corrected chi connectivity index (χ2v) is 5.52. The number of hydrogen-bond donors (Lipinski definition) is 0. The Labute approximate surface area is 101 Å². The molecule has 0 unspecified atom stereocenters. The molecule has 0 aliphatic heterocycles. The van der Waals surface area contributed by atoms with Gasteiger partial charge >= 0.3 is 0 Å². The number of carbonyl (C=O) groups is 1. The third-order valence-corrected chi connectivity index (χ3v) is 3.59. The highest BCUT2D eigenvalue weighted by Crippen LogP contribution is 2.23. The van der Waals surface area contributed by atoms with Crippen LogP contribution in [-0.2, 0) is 0 Å². The lowest BCUT2D eigenvalue weighted by Crippen LogP contribution is -2.31. The zero-order valence-electron chi connectivity index (χ0n) is 7.80. The summed E-state index contributed by atoms with van der Waals surface area (Å²) < 4.78 is 0.975. The fourth-order valence-electron chi connectivity index (χ4n) is 1.09. The number of thiophene rings is 1. The first-order chi connectivity index (χ1) is 6.69. The SMILES string of the molecule is CCN(CCCl)C(=O)c1ccc(Br)s1. The van der Waals surface area contributed by atoms with Crippen molar-refractivity contribution in [2.75, 3.05) is 19.0 Å². The molecular weight excluding hydrogens is 286 g/mol. The smallest absolute Gasteiger partial charge is 0.263 e. The van der Waals surface area contributed by atoms with Crippen molar-refractivity contribution in [1.29, 1.82) is 0 Å². The van der Waals surface area contributed by atoms with Crippen molar-refractivity contribution in [2.24, 2.45) is 0 Å². The second-order valence-electron chi connectivity index (χ2n) is 2.68. The van der Waals surface area contributed by atoms with Gasteiger partial charge in [-0.05, 0) is 35.0 Å². The van der Waals surface area contributed by atoms with Crippen molar-refractivity contribution < 1.29 is 4.79 Å². The molecule has 0 atom stereocenters. The third kappa shape index (κ3) is 2.97. The van der Waals surface area contributed by atoms with Gasteiger partial charge in [0.2, 0.25) is 0 Å². The molecule has 0 saturated carbocycles. The van der Waals surface area contributed by atoms with Crippen LogP contribution < -0.4 is 0 Å². The van der Waals surface area contributed by atoms with Crippen LogP contribution in [-0.4, -0.2) is 29.8 Å².